The molecule has 7 nitrogen and oxygen atoms in total. The highest BCUT2D eigenvalue weighted by Gasteiger charge is 2.39. The number of aromatic amines is 1. The van der Waals surface area contributed by atoms with E-state index in [-0.39, 0.29) is 11.8 Å². The van der Waals surface area contributed by atoms with Crippen LogP contribution in [0.2, 0.25) is 0 Å². The van der Waals surface area contributed by atoms with Gasteiger partial charge in [0.15, 0.2) is 0 Å². The van der Waals surface area contributed by atoms with Crippen LogP contribution in [-0.4, -0.2) is 50.4 Å². The molecule has 1 amide bonds. The second-order valence-electron chi connectivity index (χ2n) is 8.06. The summed E-state index contributed by atoms with van der Waals surface area (Å²) < 4.78 is 0. The number of hydrogen-bond donors (Lipinski definition) is 5. The fraction of sp³-hybridized carbons (Fsp3) is 0.789. The molecule has 0 saturated heterocycles. The molecule has 0 spiro atoms. The molecule has 3 rings (SSSR count). The first-order chi connectivity index (χ1) is 12.5. The number of H-pyrrole nitrogens is 1. The Morgan fingerprint density at radius 1 is 1.27 bits per heavy atom. The quantitative estimate of drug-likeness (QED) is 0.445. The highest BCUT2D eigenvalue weighted by atomic mass is 16.3. The van der Waals surface area contributed by atoms with Gasteiger partial charge in [-0.3, -0.25) is 4.79 Å². The van der Waals surface area contributed by atoms with Crippen molar-refractivity contribution in [3.63, 3.8) is 0 Å². The van der Waals surface area contributed by atoms with Crippen molar-refractivity contribution in [2.75, 3.05) is 0 Å². The molecule has 1 aromatic rings. The van der Waals surface area contributed by atoms with E-state index in [1.807, 2.05) is 0 Å². The van der Waals surface area contributed by atoms with Crippen LogP contribution >= 0.6 is 0 Å². The Bertz CT molecular complexity index is 555. The average molecular weight is 364 g/mol. The maximum atomic E-state index is 12.6. The summed E-state index contributed by atoms with van der Waals surface area (Å²) in [5, 5.41) is 24.0. The van der Waals surface area contributed by atoms with Crippen LogP contribution in [0, 0.1) is 11.8 Å². The number of hydrogen-bond acceptors (Lipinski definition) is 5. The number of nitrogens with two attached hydrogens (primary N) is 1. The number of aliphatic hydroxyl groups is 2. The smallest absolute Gasteiger partial charge is 0.237 e. The first-order valence-corrected chi connectivity index (χ1v) is 9.94. The van der Waals surface area contributed by atoms with Crippen molar-refractivity contribution in [2.45, 2.75) is 82.1 Å². The number of nitrogens with one attached hydrogen (secondary N) is 2. The van der Waals surface area contributed by atoms with E-state index in [4.69, 9.17) is 5.73 Å². The second-order valence-corrected chi connectivity index (χ2v) is 8.06. The van der Waals surface area contributed by atoms with Crippen molar-refractivity contribution in [2.24, 2.45) is 17.6 Å². The van der Waals surface area contributed by atoms with E-state index in [9.17, 15) is 15.0 Å². The van der Waals surface area contributed by atoms with Crippen molar-refractivity contribution in [1.82, 2.24) is 15.3 Å². The van der Waals surface area contributed by atoms with Crippen molar-refractivity contribution < 1.29 is 15.0 Å². The van der Waals surface area contributed by atoms with Gasteiger partial charge in [-0.2, -0.15) is 0 Å². The van der Waals surface area contributed by atoms with Crippen molar-refractivity contribution in [3.8, 4) is 0 Å². The Morgan fingerprint density at radius 2 is 2.00 bits per heavy atom. The maximum Gasteiger partial charge on any atom is 0.237 e. The van der Waals surface area contributed by atoms with E-state index in [1.54, 1.807) is 12.5 Å². The molecule has 2 fully saturated rings. The van der Waals surface area contributed by atoms with Gasteiger partial charge in [-0.05, 0) is 31.1 Å². The Morgan fingerprint density at radius 3 is 2.62 bits per heavy atom. The fourth-order valence-electron chi connectivity index (χ4n) is 4.04. The lowest BCUT2D eigenvalue weighted by Crippen LogP contribution is -2.54. The topological polar surface area (TPSA) is 124 Å². The second kappa shape index (κ2) is 8.97. The SMILES string of the molecule is NC(Cc1cnc[nH]1)C(=O)N[C@@H](CC1CCCCC1)[C@@H](O)[C@@H](O)C1CC1. The van der Waals surface area contributed by atoms with Gasteiger partial charge < -0.3 is 26.2 Å². The number of nitrogens with zero attached hydrogens (tertiary/aromatic N) is 1. The van der Waals surface area contributed by atoms with E-state index in [0.29, 0.717) is 18.8 Å². The lowest BCUT2D eigenvalue weighted by atomic mass is 9.82. The highest BCUT2D eigenvalue weighted by molar-refractivity contribution is 5.82. The summed E-state index contributed by atoms with van der Waals surface area (Å²) in [6.07, 6.45) is 10.4. The molecule has 2 aliphatic rings. The first kappa shape index (κ1) is 19.3. The third-order valence-corrected chi connectivity index (χ3v) is 5.84. The molecule has 7 heteroatoms. The van der Waals surface area contributed by atoms with Gasteiger partial charge in [0, 0.05) is 18.3 Å². The Balaban J connectivity index is 1.60. The summed E-state index contributed by atoms with van der Waals surface area (Å²) in [5.41, 5.74) is 6.84. The molecule has 146 valence electrons. The third-order valence-electron chi connectivity index (χ3n) is 5.84. The largest absolute Gasteiger partial charge is 0.390 e. The van der Waals surface area contributed by atoms with Crippen LogP contribution in [-0.2, 0) is 11.2 Å². The van der Waals surface area contributed by atoms with Crippen LogP contribution in [0.4, 0.5) is 0 Å². The van der Waals surface area contributed by atoms with Gasteiger partial charge in [-0.15, -0.1) is 0 Å². The minimum atomic E-state index is -0.937. The molecule has 2 saturated carbocycles. The molecule has 1 heterocycles. The van der Waals surface area contributed by atoms with Crippen LogP contribution in [0.5, 0.6) is 0 Å². The van der Waals surface area contributed by atoms with E-state index in [2.05, 4.69) is 15.3 Å². The Kier molecular flexibility index (Phi) is 6.67. The summed E-state index contributed by atoms with van der Waals surface area (Å²) in [6.45, 7) is 0. The minimum absolute atomic E-state index is 0.162. The predicted octanol–water partition coefficient (Wildman–Crippen LogP) is 0.866. The van der Waals surface area contributed by atoms with Gasteiger partial charge >= 0.3 is 0 Å². The average Bonchev–Trinajstić information content (AvgIpc) is 3.38. The van der Waals surface area contributed by atoms with Gasteiger partial charge in [0.2, 0.25) is 5.91 Å². The molecule has 26 heavy (non-hydrogen) atoms. The maximum absolute atomic E-state index is 12.6. The monoisotopic (exact) mass is 364 g/mol. The number of carbonyl (C=O) groups excluding carboxylic acids is 1. The number of aliphatic hydroxyl groups excluding tert-OH is 2. The minimum Gasteiger partial charge on any atom is -0.390 e. The van der Waals surface area contributed by atoms with E-state index >= 15 is 0 Å². The predicted molar refractivity (Wildman–Crippen MR) is 98.1 cm³/mol. The number of carbonyl (C=O) groups is 1. The van der Waals surface area contributed by atoms with Crippen LogP contribution < -0.4 is 11.1 Å². The fourth-order valence-corrected chi connectivity index (χ4v) is 4.04. The van der Waals surface area contributed by atoms with Gasteiger partial charge in [0.1, 0.15) is 6.10 Å². The summed E-state index contributed by atoms with van der Waals surface area (Å²) in [6, 6.07) is -1.16. The molecular weight excluding hydrogens is 332 g/mol. The van der Waals surface area contributed by atoms with E-state index in [0.717, 1.165) is 31.4 Å². The Hall–Kier alpha value is -1.44. The van der Waals surface area contributed by atoms with Gasteiger partial charge in [0.05, 0.1) is 24.5 Å². The number of amides is 1. The first-order valence-electron chi connectivity index (χ1n) is 9.94. The number of imidazole rings is 1. The zero-order valence-corrected chi connectivity index (χ0v) is 15.3. The Labute approximate surface area is 154 Å². The zero-order chi connectivity index (χ0) is 18.5. The molecule has 0 radical (unpaired) electrons. The summed E-state index contributed by atoms with van der Waals surface area (Å²) in [7, 11) is 0. The summed E-state index contributed by atoms with van der Waals surface area (Å²) >= 11 is 0. The van der Waals surface area contributed by atoms with Crippen LogP contribution in [0.3, 0.4) is 0 Å². The highest BCUT2D eigenvalue weighted by Crippen LogP contribution is 2.36. The molecule has 0 aromatic carbocycles. The molecular formula is C19H32N4O3. The molecule has 2 aliphatic carbocycles. The van der Waals surface area contributed by atoms with Gasteiger partial charge in [-0.1, -0.05) is 32.1 Å². The molecule has 1 unspecified atom stereocenters. The van der Waals surface area contributed by atoms with Crippen LogP contribution in [0.1, 0.15) is 57.1 Å². The van der Waals surface area contributed by atoms with E-state index < -0.39 is 24.3 Å². The molecule has 4 atom stereocenters. The van der Waals surface area contributed by atoms with Crippen molar-refractivity contribution >= 4 is 5.91 Å². The van der Waals surface area contributed by atoms with E-state index in [1.165, 1.54) is 19.3 Å². The standard InChI is InChI=1S/C19H32N4O3/c20-15(9-14-10-21-11-22-14)19(26)23-16(8-12-4-2-1-3-5-12)18(25)17(24)13-6-7-13/h10-13,15-18,24-25H,1-9,20H2,(H,21,22)(H,23,26)/t15?,16-,17-,18+/m0/s1. The lowest BCUT2D eigenvalue weighted by molar-refractivity contribution is -0.125. The normalized spacial score (nSPS) is 23.2. The summed E-state index contributed by atoms with van der Waals surface area (Å²) in [5.74, 6) is 0.357. The lowest BCUT2D eigenvalue weighted by Gasteiger charge is -2.33. The number of rotatable bonds is 9. The van der Waals surface area contributed by atoms with Crippen LogP contribution in [0.15, 0.2) is 12.5 Å². The van der Waals surface area contributed by atoms with Gasteiger partial charge in [0.25, 0.3) is 0 Å². The van der Waals surface area contributed by atoms with Crippen molar-refractivity contribution in [1.29, 1.82) is 0 Å². The number of aromatic nitrogens is 2. The third kappa shape index (κ3) is 5.28. The molecule has 0 bridgehead atoms. The van der Waals surface area contributed by atoms with Gasteiger partial charge in [-0.25, -0.2) is 4.98 Å². The molecule has 1 aromatic heterocycles. The van der Waals surface area contributed by atoms with Crippen LogP contribution in [0.25, 0.3) is 0 Å². The van der Waals surface area contributed by atoms with Crippen molar-refractivity contribution in [3.05, 3.63) is 18.2 Å². The molecule has 6 N–H and O–H groups in total. The zero-order valence-electron chi connectivity index (χ0n) is 15.3. The molecule has 0 aliphatic heterocycles. The summed E-state index contributed by atoms with van der Waals surface area (Å²) in [4.78, 5) is 19.5.